The molecule has 1 aromatic carbocycles. The molecule has 0 saturated carbocycles. The lowest BCUT2D eigenvalue weighted by Gasteiger charge is -2.07. The van der Waals surface area contributed by atoms with E-state index >= 15 is 0 Å². The molecule has 0 aliphatic rings. The number of benzene rings is 1. The molecule has 0 unspecified atom stereocenters. The highest BCUT2D eigenvalue weighted by molar-refractivity contribution is 9.10. The van der Waals surface area contributed by atoms with Gasteiger partial charge in [0.15, 0.2) is 11.6 Å². The molecule has 0 amide bonds. The van der Waals surface area contributed by atoms with Gasteiger partial charge in [-0.1, -0.05) is 41.4 Å². The highest BCUT2D eigenvalue weighted by Crippen LogP contribution is 2.27. The third-order valence-electron chi connectivity index (χ3n) is 2.66. The average Bonchev–Trinajstić information content (AvgIpc) is 2.56. The van der Waals surface area contributed by atoms with Crippen LogP contribution in [0.3, 0.4) is 0 Å². The SMILES string of the molecule is Nc1ncc(Cl)cc1Br.Nc1ncc(Cl)cc1Oc1ccccc1. The Balaban J connectivity index is 0.000000198. The third kappa shape index (κ3) is 5.56. The van der Waals surface area contributed by atoms with Crippen LogP contribution in [0.1, 0.15) is 0 Å². The maximum Gasteiger partial charge on any atom is 0.170 e. The molecule has 3 rings (SSSR count). The number of nitrogens with zero attached hydrogens (tertiary/aromatic N) is 2. The number of hydrogen-bond donors (Lipinski definition) is 2. The minimum Gasteiger partial charge on any atom is -0.453 e. The third-order valence-corrected chi connectivity index (χ3v) is 3.70. The van der Waals surface area contributed by atoms with Gasteiger partial charge >= 0.3 is 0 Å². The molecule has 0 bridgehead atoms. The zero-order valence-electron chi connectivity index (χ0n) is 12.3. The summed E-state index contributed by atoms with van der Waals surface area (Å²) < 4.78 is 6.25. The van der Waals surface area contributed by atoms with Crippen molar-refractivity contribution >= 4 is 50.8 Å². The van der Waals surface area contributed by atoms with Crippen molar-refractivity contribution in [3.05, 3.63) is 69.4 Å². The normalized spacial score (nSPS) is 9.79. The molecule has 0 aliphatic carbocycles. The Labute approximate surface area is 157 Å². The second kappa shape index (κ2) is 8.73. The first kappa shape index (κ1) is 18.3. The average molecular weight is 428 g/mol. The van der Waals surface area contributed by atoms with Gasteiger partial charge < -0.3 is 16.2 Å². The van der Waals surface area contributed by atoms with Gasteiger partial charge in [-0.25, -0.2) is 9.97 Å². The maximum atomic E-state index is 5.78. The second-order valence-corrected chi connectivity index (χ2v) is 6.20. The van der Waals surface area contributed by atoms with Gasteiger partial charge in [0.2, 0.25) is 0 Å². The topological polar surface area (TPSA) is 87.0 Å². The molecular weight excluding hydrogens is 415 g/mol. The Hall–Kier alpha value is -2.02. The Morgan fingerprint density at radius 2 is 1.46 bits per heavy atom. The molecule has 0 radical (unpaired) electrons. The van der Waals surface area contributed by atoms with Crippen molar-refractivity contribution in [1.82, 2.24) is 9.97 Å². The van der Waals surface area contributed by atoms with E-state index in [1.165, 1.54) is 12.4 Å². The highest BCUT2D eigenvalue weighted by Gasteiger charge is 2.03. The predicted molar refractivity (Wildman–Crippen MR) is 102 cm³/mol. The first-order valence-corrected chi connectivity index (χ1v) is 8.21. The fourth-order valence-corrected chi connectivity index (χ4v) is 2.34. The minimum absolute atomic E-state index is 0.322. The second-order valence-electron chi connectivity index (χ2n) is 4.47. The fraction of sp³-hybridized carbons (Fsp3) is 0. The van der Waals surface area contributed by atoms with Gasteiger partial charge in [0.25, 0.3) is 0 Å². The lowest BCUT2D eigenvalue weighted by atomic mass is 10.3. The zero-order valence-corrected chi connectivity index (χ0v) is 15.4. The lowest BCUT2D eigenvalue weighted by molar-refractivity contribution is 0.483. The van der Waals surface area contributed by atoms with Crippen molar-refractivity contribution in [1.29, 1.82) is 0 Å². The summed E-state index contributed by atoms with van der Waals surface area (Å²) in [5.41, 5.74) is 11.0. The number of pyridine rings is 2. The van der Waals surface area contributed by atoms with Crippen LogP contribution in [0.4, 0.5) is 11.6 Å². The minimum atomic E-state index is 0.322. The molecule has 0 atom stereocenters. The number of hydrogen-bond acceptors (Lipinski definition) is 5. The van der Waals surface area contributed by atoms with Crippen LogP contribution in [-0.2, 0) is 0 Å². The Bertz CT molecular complexity index is 818. The summed E-state index contributed by atoms with van der Waals surface area (Å²) in [6.07, 6.45) is 2.98. The van der Waals surface area contributed by atoms with Crippen LogP contribution in [0.5, 0.6) is 11.5 Å². The van der Waals surface area contributed by atoms with Crippen LogP contribution < -0.4 is 16.2 Å². The van der Waals surface area contributed by atoms with Crippen LogP contribution in [0, 0.1) is 0 Å². The Morgan fingerprint density at radius 3 is 2.04 bits per heavy atom. The van der Waals surface area contributed by atoms with Gasteiger partial charge in [0.05, 0.1) is 14.5 Å². The van der Waals surface area contributed by atoms with Crippen LogP contribution >= 0.6 is 39.1 Å². The van der Waals surface area contributed by atoms with Gasteiger partial charge in [0.1, 0.15) is 11.6 Å². The standard InChI is InChI=1S/C11H9ClN2O.C5H4BrClN2/c12-8-6-10(11(13)14-7-8)15-9-4-2-1-3-5-9;6-4-1-3(7)2-9-5(4)8/h1-7H,(H2,13,14);1-2H,(H2,8,9). The Morgan fingerprint density at radius 1 is 0.875 bits per heavy atom. The molecule has 8 heteroatoms. The lowest BCUT2D eigenvalue weighted by Crippen LogP contribution is -1.94. The summed E-state index contributed by atoms with van der Waals surface area (Å²) in [6.45, 7) is 0. The van der Waals surface area contributed by atoms with E-state index in [2.05, 4.69) is 25.9 Å². The van der Waals surface area contributed by atoms with Crippen molar-refractivity contribution in [2.45, 2.75) is 0 Å². The molecule has 0 fully saturated rings. The summed E-state index contributed by atoms with van der Waals surface area (Å²) in [5.74, 6) is 1.95. The van der Waals surface area contributed by atoms with Crippen molar-refractivity contribution in [3.63, 3.8) is 0 Å². The quantitative estimate of drug-likeness (QED) is 0.587. The number of ether oxygens (including phenoxy) is 1. The Kier molecular flexibility index (Phi) is 6.66. The summed E-state index contributed by atoms with van der Waals surface area (Å²) in [7, 11) is 0. The van der Waals surface area contributed by atoms with Crippen LogP contribution in [-0.4, -0.2) is 9.97 Å². The van der Waals surface area contributed by atoms with E-state index < -0.39 is 0 Å². The van der Waals surface area contributed by atoms with Gasteiger partial charge in [-0.15, -0.1) is 0 Å². The molecule has 2 heterocycles. The van der Waals surface area contributed by atoms with E-state index in [1.54, 1.807) is 12.1 Å². The molecule has 2 aromatic heterocycles. The van der Waals surface area contributed by atoms with Gasteiger partial charge in [-0.3, -0.25) is 0 Å². The summed E-state index contributed by atoms with van der Waals surface area (Å²) in [4.78, 5) is 7.67. The highest BCUT2D eigenvalue weighted by atomic mass is 79.9. The molecule has 0 aliphatic heterocycles. The fourth-order valence-electron chi connectivity index (χ4n) is 1.55. The molecule has 0 saturated heterocycles. The summed E-state index contributed by atoms with van der Waals surface area (Å²) in [6, 6.07) is 12.7. The number of rotatable bonds is 2. The van der Waals surface area contributed by atoms with E-state index in [9.17, 15) is 0 Å². The van der Waals surface area contributed by atoms with E-state index in [1.807, 2.05) is 30.3 Å². The molecule has 3 aromatic rings. The molecule has 24 heavy (non-hydrogen) atoms. The van der Waals surface area contributed by atoms with E-state index in [0.29, 0.717) is 33.2 Å². The number of halogens is 3. The molecule has 124 valence electrons. The van der Waals surface area contributed by atoms with Gasteiger partial charge in [-0.2, -0.15) is 0 Å². The number of aromatic nitrogens is 2. The summed E-state index contributed by atoms with van der Waals surface area (Å²) in [5, 5.41) is 1.08. The zero-order chi connectivity index (χ0) is 17.5. The van der Waals surface area contributed by atoms with E-state index in [0.717, 1.165) is 4.47 Å². The molecule has 0 spiro atoms. The summed E-state index contributed by atoms with van der Waals surface area (Å²) >= 11 is 14.5. The first-order chi connectivity index (χ1) is 11.5. The maximum absolute atomic E-state index is 5.78. The molecule has 5 nitrogen and oxygen atoms in total. The smallest absolute Gasteiger partial charge is 0.170 e. The van der Waals surface area contributed by atoms with E-state index in [-0.39, 0.29) is 0 Å². The van der Waals surface area contributed by atoms with Crippen molar-refractivity contribution in [2.75, 3.05) is 11.5 Å². The predicted octanol–water partition coefficient (Wildman–Crippen LogP) is 5.19. The van der Waals surface area contributed by atoms with Crippen LogP contribution in [0.25, 0.3) is 0 Å². The molecular formula is C16H13BrCl2N4O. The van der Waals surface area contributed by atoms with Gasteiger partial charge in [0, 0.05) is 18.5 Å². The van der Waals surface area contributed by atoms with Crippen LogP contribution in [0.15, 0.2) is 59.3 Å². The van der Waals surface area contributed by atoms with Crippen molar-refractivity contribution in [2.24, 2.45) is 0 Å². The number of nitrogen functional groups attached to an aromatic ring is 2. The molecule has 4 N–H and O–H groups in total. The van der Waals surface area contributed by atoms with Gasteiger partial charge in [-0.05, 0) is 34.1 Å². The van der Waals surface area contributed by atoms with Crippen molar-refractivity contribution in [3.8, 4) is 11.5 Å². The van der Waals surface area contributed by atoms with Crippen LogP contribution in [0.2, 0.25) is 10.0 Å². The van der Waals surface area contributed by atoms with E-state index in [4.69, 9.17) is 39.4 Å². The van der Waals surface area contributed by atoms with Crippen molar-refractivity contribution < 1.29 is 4.74 Å². The number of nitrogens with two attached hydrogens (primary N) is 2. The number of para-hydroxylation sites is 1. The first-order valence-electron chi connectivity index (χ1n) is 6.66. The monoisotopic (exact) mass is 426 g/mol. The number of anilines is 2. The largest absolute Gasteiger partial charge is 0.453 e.